The van der Waals surface area contributed by atoms with Crippen molar-refractivity contribution in [2.75, 3.05) is 11.2 Å². The summed E-state index contributed by atoms with van der Waals surface area (Å²) >= 11 is 5.56. The van der Waals surface area contributed by atoms with E-state index in [2.05, 4.69) is 20.4 Å². The van der Waals surface area contributed by atoms with Crippen molar-refractivity contribution in [3.63, 3.8) is 0 Å². The van der Waals surface area contributed by atoms with Gasteiger partial charge in [0, 0.05) is 17.3 Å². The number of halogens is 1. The zero-order chi connectivity index (χ0) is 18.0. The van der Waals surface area contributed by atoms with Crippen LogP contribution in [0, 0.1) is 6.92 Å². The lowest BCUT2D eigenvalue weighted by molar-refractivity contribution is -0.114. The molecule has 25 heavy (non-hydrogen) atoms. The zero-order valence-electron chi connectivity index (χ0n) is 13.7. The van der Waals surface area contributed by atoms with E-state index in [0.29, 0.717) is 35.0 Å². The van der Waals surface area contributed by atoms with Gasteiger partial charge in [0.25, 0.3) is 5.56 Å². The minimum atomic E-state index is -0.405. The summed E-state index contributed by atoms with van der Waals surface area (Å²) in [5.74, 6) is 0.424. The number of aromatic amines is 1. The molecule has 0 saturated heterocycles. The smallest absolute Gasteiger partial charge is 0.255 e. The Kier molecular flexibility index (Phi) is 4.71. The second-order valence-corrected chi connectivity index (χ2v) is 5.56. The summed E-state index contributed by atoms with van der Waals surface area (Å²) in [5.41, 5.74) is 1.45. The molecule has 0 aliphatic carbocycles. The highest BCUT2D eigenvalue weighted by Gasteiger charge is 2.17. The molecule has 130 valence electrons. The van der Waals surface area contributed by atoms with E-state index in [4.69, 9.17) is 16.0 Å². The highest BCUT2D eigenvalue weighted by Crippen LogP contribution is 2.24. The molecule has 0 bridgehead atoms. The monoisotopic (exact) mass is 361 g/mol. The molecule has 3 aromatic heterocycles. The van der Waals surface area contributed by atoms with Gasteiger partial charge >= 0.3 is 0 Å². The van der Waals surface area contributed by atoms with Crippen molar-refractivity contribution in [2.24, 2.45) is 0 Å². The van der Waals surface area contributed by atoms with E-state index in [1.54, 1.807) is 25.1 Å². The van der Waals surface area contributed by atoms with Gasteiger partial charge in [-0.1, -0.05) is 6.92 Å². The van der Waals surface area contributed by atoms with Gasteiger partial charge in [0.05, 0.1) is 6.26 Å². The standard InChI is InChI=1S/C16H16ClN5O3/c1-3-10-9(2)18-16(20-15(10)24)22-13(19-14(23)8-17)7-11(21-22)12-5-4-6-25-12/h4-7H,3,8H2,1-2H3,(H,19,23)(H,18,20,24). The Hall–Kier alpha value is -2.87. The maximum atomic E-state index is 12.2. The maximum absolute atomic E-state index is 12.2. The number of anilines is 1. The third kappa shape index (κ3) is 3.34. The molecule has 2 N–H and O–H groups in total. The van der Waals surface area contributed by atoms with Gasteiger partial charge in [0.2, 0.25) is 11.9 Å². The Morgan fingerprint density at radius 2 is 2.28 bits per heavy atom. The molecule has 0 atom stereocenters. The fourth-order valence-electron chi connectivity index (χ4n) is 2.46. The van der Waals surface area contributed by atoms with Crippen LogP contribution in [0.5, 0.6) is 0 Å². The predicted molar refractivity (Wildman–Crippen MR) is 93.1 cm³/mol. The van der Waals surface area contributed by atoms with Crippen LogP contribution >= 0.6 is 11.6 Å². The largest absolute Gasteiger partial charge is 0.463 e. The summed E-state index contributed by atoms with van der Waals surface area (Å²) < 4.78 is 6.68. The molecule has 8 nitrogen and oxygen atoms in total. The number of hydrogen-bond acceptors (Lipinski definition) is 5. The van der Waals surface area contributed by atoms with E-state index >= 15 is 0 Å². The van der Waals surface area contributed by atoms with Crippen LogP contribution in [-0.2, 0) is 11.2 Å². The van der Waals surface area contributed by atoms with Crippen LogP contribution in [0.3, 0.4) is 0 Å². The van der Waals surface area contributed by atoms with Crippen molar-refractivity contribution >= 4 is 23.3 Å². The molecule has 0 fully saturated rings. The Balaban J connectivity index is 2.13. The van der Waals surface area contributed by atoms with Crippen molar-refractivity contribution in [2.45, 2.75) is 20.3 Å². The summed E-state index contributed by atoms with van der Waals surface area (Å²) in [5, 5.41) is 7.01. The number of alkyl halides is 1. The molecule has 0 aromatic carbocycles. The Morgan fingerprint density at radius 1 is 1.48 bits per heavy atom. The number of nitrogens with one attached hydrogen (secondary N) is 2. The van der Waals surface area contributed by atoms with E-state index in [0.717, 1.165) is 0 Å². The lowest BCUT2D eigenvalue weighted by Gasteiger charge is -2.09. The van der Waals surface area contributed by atoms with Gasteiger partial charge < -0.3 is 9.73 Å². The van der Waals surface area contributed by atoms with E-state index in [9.17, 15) is 9.59 Å². The summed E-state index contributed by atoms with van der Waals surface area (Å²) in [4.78, 5) is 31.0. The van der Waals surface area contributed by atoms with Crippen molar-refractivity contribution < 1.29 is 9.21 Å². The fraction of sp³-hybridized carbons (Fsp3) is 0.250. The average molecular weight is 362 g/mol. The van der Waals surface area contributed by atoms with Gasteiger partial charge in [-0.25, -0.2) is 4.98 Å². The number of H-pyrrole nitrogens is 1. The number of hydrogen-bond donors (Lipinski definition) is 2. The number of rotatable bonds is 5. The van der Waals surface area contributed by atoms with Gasteiger partial charge in [0.1, 0.15) is 17.4 Å². The van der Waals surface area contributed by atoms with Gasteiger partial charge in [0.15, 0.2) is 5.76 Å². The van der Waals surface area contributed by atoms with Crippen LogP contribution in [0.4, 0.5) is 5.82 Å². The summed E-state index contributed by atoms with van der Waals surface area (Å²) in [7, 11) is 0. The van der Waals surface area contributed by atoms with Crippen molar-refractivity contribution in [1.82, 2.24) is 19.7 Å². The van der Waals surface area contributed by atoms with E-state index < -0.39 is 5.91 Å². The van der Waals surface area contributed by atoms with E-state index in [1.807, 2.05) is 6.92 Å². The summed E-state index contributed by atoms with van der Waals surface area (Å²) in [6.07, 6.45) is 2.09. The number of nitrogens with zero attached hydrogens (tertiary/aromatic N) is 3. The lowest BCUT2D eigenvalue weighted by Crippen LogP contribution is -2.22. The van der Waals surface area contributed by atoms with Crippen molar-refractivity contribution in [3.8, 4) is 17.4 Å². The lowest BCUT2D eigenvalue weighted by atomic mass is 10.2. The first-order valence-electron chi connectivity index (χ1n) is 7.63. The highest BCUT2D eigenvalue weighted by molar-refractivity contribution is 6.29. The van der Waals surface area contributed by atoms with Crippen LogP contribution in [0.15, 0.2) is 33.7 Å². The molecule has 1 amide bonds. The maximum Gasteiger partial charge on any atom is 0.255 e. The van der Waals surface area contributed by atoms with Gasteiger partial charge in [-0.2, -0.15) is 9.78 Å². The second kappa shape index (κ2) is 6.94. The first kappa shape index (κ1) is 17.0. The van der Waals surface area contributed by atoms with Gasteiger partial charge in [-0.3, -0.25) is 14.6 Å². The average Bonchev–Trinajstić information content (AvgIpc) is 3.23. The van der Waals surface area contributed by atoms with Crippen LogP contribution in [0.25, 0.3) is 17.4 Å². The summed E-state index contributed by atoms with van der Waals surface area (Å²) in [6, 6.07) is 5.08. The number of carbonyl (C=O) groups is 1. The Morgan fingerprint density at radius 3 is 2.88 bits per heavy atom. The van der Waals surface area contributed by atoms with Crippen molar-refractivity contribution in [1.29, 1.82) is 0 Å². The highest BCUT2D eigenvalue weighted by atomic mass is 35.5. The molecule has 0 aliphatic heterocycles. The Bertz CT molecular complexity index is 959. The third-order valence-corrected chi connectivity index (χ3v) is 3.88. The second-order valence-electron chi connectivity index (χ2n) is 5.29. The number of furan rings is 1. The van der Waals surface area contributed by atoms with Crippen LogP contribution < -0.4 is 10.9 Å². The molecule has 0 spiro atoms. The minimum Gasteiger partial charge on any atom is -0.463 e. The molecule has 0 aliphatic rings. The van der Waals surface area contributed by atoms with Crippen LogP contribution in [0.2, 0.25) is 0 Å². The molecule has 0 unspecified atom stereocenters. The molecular formula is C16H16ClN5O3. The zero-order valence-corrected chi connectivity index (χ0v) is 14.4. The SMILES string of the molecule is CCc1c(C)nc(-n2nc(-c3ccco3)cc2NC(=O)CCl)[nH]c1=O. The fourth-order valence-corrected chi connectivity index (χ4v) is 2.53. The molecule has 3 aromatic rings. The van der Waals surface area contributed by atoms with E-state index in [-0.39, 0.29) is 17.4 Å². The number of aryl methyl sites for hydroxylation is 1. The summed E-state index contributed by atoms with van der Waals surface area (Å²) in [6.45, 7) is 3.64. The molecular weight excluding hydrogens is 346 g/mol. The predicted octanol–water partition coefficient (Wildman–Crippen LogP) is 2.26. The molecule has 0 saturated carbocycles. The molecule has 3 heterocycles. The van der Waals surface area contributed by atoms with Gasteiger partial charge in [-0.05, 0) is 25.5 Å². The van der Waals surface area contributed by atoms with Crippen LogP contribution in [-0.4, -0.2) is 31.5 Å². The Labute approximate surface area is 147 Å². The number of aromatic nitrogens is 4. The van der Waals surface area contributed by atoms with E-state index in [1.165, 1.54) is 10.9 Å². The molecule has 3 rings (SSSR count). The van der Waals surface area contributed by atoms with Crippen molar-refractivity contribution in [3.05, 3.63) is 46.1 Å². The van der Waals surface area contributed by atoms with Crippen LogP contribution in [0.1, 0.15) is 18.2 Å². The molecule has 9 heteroatoms. The quantitative estimate of drug-likeness (QED) is 0.678. The third-order valence-electron chi connectivity index (χ3n) is 3.64. The topological polar surface area (TPSA) is 106 Å². The van der Waals surface area contributed by atoms with Gasteiger partial charge in [-0.15, -0.1) is 11.6 Å². The molecule has 0 radical (unpaired) electrons. The first-order valence-corrected chi connectivity index (χ1v) is 8.16. The number of amides is 1. The number of carbonyl (C=O) groups excluding carboxylic acids is 1. The minimum absolute atomic E-state index is 0.197. The normalized spacial score (nSPS) is 10.8. The first-order chi connectivity index (χ1) is 12.0.